The molecule has 0 radical (unpaired) electrons. The molecule has 0 aliphatic rings. The normalized spacial score (nSPS) is 11.8. The van der Waals surface area contributed by atoms with Crippen molar-refractivity contribution in [3.05, 3.63) is 40.6 Å². The zero-order valence-electron chi connectivity index (χ0n) is 8.90. The Kier molecular flexibility index (Phi) is 4.84. The summed E-state index contributed by atoms with van der Waals surface area (Å²) in [6.45, 7) is 2.35. The fraction of sp³-hybridized carbons (Fsp3) is 0.250. The zero-order chi connectivity index (χ0) is 12.0. The molecule has 1 N–H and O–H groups in total. The van der Waals surface area contributed by atoms with Crippen molar-refractivity contribution in [1.82, 2.24) is 0 Å². The Balaban J connectivity index is 2.98. The van der Waals surface area contributed by atoms with Crippen LogP contribution in [-0.4, -0.2) is 18.3 Å². The smallest absolute Gasteiger partial charge is 0.136 e. The van der Waals surface area contributed by atoms with Gasteiger partial charge < -0.3 is 9.84 Å². The fourth-order valence-corrected chi connectivity index (χ4v) is 1.31. The van der Waals surface area contributed by atoms with Crippen molar-refractivity contribution >= 4 is 17.2 Å². The van der Waals surface area contributed by atoms with Crippen LogP contribution in [0.1, 0.15) is 12.5 Å². The average molecular weight is 238 g/mol. The van der Waals surface area contributed by atoms with E-state index in [0.29, 0.717) is 17.2 Å². The van der Waals surface area contributed by atoms with Gasteiger partial charge in [-0.05, 0) is 24.6 Å². The molecule has 0 aliphatic heterocycles. The number of aliphatic hydroxyl groups excluding tert-OH is 1. The summed E-state index contributed by atoms with van der Waals surface area (Å²) in [4.78, 5) is 0. The van der Waals surface area contributed by atoms with Gasteiger partial charge in [-0.2, -0.15) is 5.26 Å². The largest absolute Gasteiger partial charge is 0.508 e. The van der Waals surface area contributed by atoms with Crippen molar-refractivity contribution in [1.29, 1.82) is 5.26 Å². The Morgan fingerprint density at radius 3 is 2.56 bits per heavy atom. The van der Waals surface area contributed by atoms with Gasteiger partial charge in [0.1, 0.15) is 18.4 Å². The van der Waals surface area contributed by atoms with Crippen LogP contribution in [0.3, 0.4) is 0 Å². The standard InChI is InChI=1S/C12H12ClNO2/c1-2-16-8-12(15)11(7-14)9-3-5-10(13)6-4-9/h3-6,15H,2,8H2,1H3. The van der Waals surface area contributed by atoms with E-state index >= 15 is 0 Å². The van der Waals surface area contributed by atoms with Crippen molar-refractivity contribution in [2.75, 3.05) is 13.2 Å². The lowest BCUT2D eigenvalue weighted by molar-refractivity contribution is 0.141. The maximum atomic E-state index is 9.66. The average Bonchev–Trinajstić information content (AvgIpc) is 2.30. The molecule has 1 aromatic rings. The van der Waals surface area contributed by atoms with Gasteiger partial charge in [0, 0.05) is 11.6 Å². The molecular weight excluding hydrogens is 226 g/mol. The van der Waals surface area contributed by atoms with Gasteiger partial charge in [-0.1, -0.05) is 23.7 Å². The number of nitriles is 1. The first kappa shape index (κ1) is 12.6. The van der Waals surface area contributed by atoms with Crippen LogP contribution >= 0.6 is 11.6 Å². The molecule has 4 heteroatoms. The number of rotatable bonds is 4. The van der Waals surface area contributed by atoms with Crippen LogP contribution < -0.4 is 0 Å². The summed E-state index contributed by atoms with van der Waals surface area (Å²) in [7, 11) is 0. The third-order valence-electron chi connectivity index (χ3n) is 1.98. The Morgan fingerprint density at radius 2 is 2.06 bits per heavy atom. The number of ether oxygens (including phenoxy) is 1. The van der Waals surface area contributed by atoms with E-state index in [-0.39, 0.29) is 17.9 Å². The monoisotopic (exact) mass is 237 g/mol. The minimum atomic E-state index is -0.0633. The Morgan fingerprint density at radius 1 is 1.44 bits per heavy atom. The van der Waals surface area contributed by atoms with Gasteiger partial charge >= 0.3 is 0 Å². The van der Waals surface area contributed by atoms with Crippen LogP contribution in [0.15, 0.2) is 30.0 Å². The number of benzene rings is 1. The van der Waals surface area contributed by atoms with E-state index in [1.165, 1.54) is 0 Å². The zero-order valence-corrected chi connectivity index (χ0v) is 9.66. The maximum Gasteiger partial charge on any atom is 0.136 e. The van der Waals surface area contributed by atoms with Crippen LogP contribution in [0.25, 0.3) is 5.57 Å². The molecule has 0 spiro atoms. The summed E-state index contributed by atoms with van der Waals surface area (Å²) in [5.74, 6) is -0.0633. The van der Waals surface area contributed by atoms with Gasteiger partial charge in [-0.15, -0.1) is 0 Å². The molecule has 0 fully saturated rings. The number of hydrogen-bond acceptors (Lipinski definition) is 3. The second-order valence-corrected chi connectivity index (χ2v) is 3.51. The highest BCUT2D eigenvalue weighted by molar-refractivity contribution is 6.30. The predicted octanol–water partition coefficient (Wildman–Crippen LogP) is 3.17. The molecule has 0 amide bonds. The summed E-state index contributed by atoms with van der Waals surface area (Å²) in [6, 6.07) is 8.66. The number of halogens is 1. The molecule has 84 valence electrons. The number of hydrogen-bond donors (Lipinski definition) is 1. The van der Waals surface area contributed by atoms with Gasteiger partial charge in [0.15, 0.2) is 0 Å². The summed E-state index contributed by atoms with van der Waals surface area (Å²) in [5, 5.41) is 19.2. The van der Waals surface area contributed by atoms with Crippen molar-refractivity contribution in [3.8, 4) is 6.07 Å². The van der Waals surface area contributed by atoms with E-state index in [4.69, 9.17) is 21.6 Å². The van der Waals surface area contributed by atoms with Crippen LogP contribution in [0.4, 0.5) is 0 Å². The molecule has 0 unspecified atom stereocenters. The molecule has 0 aliphatic carbocycles. The second kappa shape index (κ2) is 6.16. The van der Waals surface area contributed by atoms with E-state index < -0.39 is 0 Å². The summed E-state index contributed by atoms with van der Waals surface area (Å²) < 4.78 is 5.04. The molecule has 0 bridgehead atoms. The molecule has 0 saturated heterocycles. The molecule has 0 heterocycles. The first-order chi connectivity index (χ1) is 7.69. The Labute approximate surface area is 99.5 Å². The quantitative estimate of drug-likeness (QED) is 0.646. The lowest BCUT2D eigenvalue weighted by Gasteiger charge is -2.04. The number of allylic oxidation sites excluding steroid dienone is 1. The van der Waals surface area contributed by atoms with Crippen LogP contribution in [-0.2, 0) is 4.74 Å². The Hall–Kier alpha value is -1.50. The molecule has 16 heavy (non-hydrogen) atoms. The van der Waals surface area contributed by atoms with Gasteiger partial charge in [-0.25, -0.2) is 0 Å². The minimum absolute atomic E-state index is 0.0437. The second-order valence-electron chi connectivity index (χ2n) is 3.08. The van der Waals surface area contributed by atoms with E-state index in [2.05, 4.69) is 0 Å². The molecule has 0 aromatic heterocycles. The molecule has 1 rings (SSSR count). The van der Waals surface area contributed by atoms with Crippen LogP contribution in [0, 0.1) is 11.3 Å². The lowest BCUT2D eigenvalue weighted by Crippen LogP contribution is -2.00. The maximum absolute atomic E-state index is 9.66. The summed E-state index contributed by atoms with van der Waals surface area (Å²) >= 11 is 5.74. The van der Waals surface area contributed by atoms with E-state index in [1.54, 1.807) is 24.3 Å². The first-order valence-corrected chi connectivity index (χ1v) is 5.22. The van der Waals surface area contributed by atoms with Crippen molar-refractivity contribution in [2.45, 2.75) is 6.92 Å². The number of nitrogens with zero attached hydrogens (tertiary/aromatic N) is 1. The van der Waals surface area contributed by atoms with Crippen LogP contribution in [0.2, 0.25) is 5.02 Å². The fourth-order valence-electron chi connectivity index (χ4n) is 1.18. The first-order valence-electron chi connectivity index (χ1n) is 4.85. The third-order valence-corrected chi connectivity index (χ3v) is 2.23. The van der Waals surface area contributed by atoms with Gasteiger partial charge in [-0.3, -0.25) is 0 Å². The molecule has 0 atom stereocenters. The summed E-state index contributed by atoms with van der Waals surface area (Å²) in [6.07, 6.45) is 0. The minimum Gasteiger partial charge on any atom is -0.508 e. The third kappa shape index (κ3) is 3.27. The van der Waals surface area contributed by atoms with Gasteiger partial charge in [0.25, 0.3) is 0 Å². The van der Waals surface area contributed by atoms with E-state index in [9.17, 15) is 5.11 Å². The topological polar surface area (TPSA) is 53.2 Å². The van der Waals surface area contributed by atoms with E-state index in [1.807, 2.05) is 13.0 Å². The lowest BCUT2D eigenvalue weighted by atomic mass is 10.1. The van der Waals surface area contributed by atoms with Crippen molar-refractivity contribution < 1.29 is 9.84 Å². The van der Waals surface area contributed by atoms with Gasteiger partial charge in [0.2, 0.25) is 0 Å². The molecule has 3 nitrogen and oxygen atoms in total. The highest BCUT2D eigenvalue weighted by atomic mass is 35.5. The highest BCUT2D eigenvalue weighted by Gasteiger charge is 2.07. The number of aliphatic hydroxyl groups is 1. The Bertz CT molecular complexity index is 418. The predicted molar refractivity (Wildman–Crippen MR) is 63.1 cm³/mol. The van der Waals surface area contributed by atoms with E-state index in [0.717, 1.165) is 0 Å². The van der Waals surface area contributed by atoms with Crippen molar-refractivity contribution in [3.63, 3.8) is 0 Å². The van der Waals surface area contributed by atoms with Crippen molar-refractivity contribution in [2.24, 2.45) is 0 Å². The highest BCUT2D eigenvalue weighted by Crippen LogP contribution is 2.19. The van der Waals surface area contributed by atoms with Crippen LogP contribution in [0.5, 0.6) is 0 Å². The summed E-state index contributed by atoms with van der Waals surface area (Å²) in [5.41, 5.74) is 0.842. The molecule has 1 aromatic carbocycles. The van der Waals surface area contributed by atoms with Gasteiger partial charge in [0.05, 0.1) is 5.57 Å². The molecule has 0 saturated carbocycles. The SMILES string of the molecule is CCOCC(O)=C(C#N)c1ccc(Cl)cc1. The molecular formula is C12H12ClNO2.